The van der Waals surface area contributed by atoms with Crippen molar-refractivity contribution in [3.05, 3.63) is 59.1 Å². The maximum Gasteiger partial charge on any atom is 0.119 e. The maximum atomic E-state index is 10.4. The lowest BCUT2D eigenvalue weighted by Gasteiger charge is -2.37. The van der Waals surface area contributed by atoms with Gasteiger partial charge in [0.05, 0.1) is 13.2 Å². The molecule has 3 rings (SSSR count). The highest BCUT2D eigenvalue weighted by molar-refractivity contribution is 6.30. The van der Waals surface area contributed by atoms with E-state index in [0.717, 1.165) is 37.5 Å². The van der Waals surface area contributed by atoms with E-state index < -0.39 is 6.10 Å². The van der Waals surface area contributed by atoms with E-state index in [9.17, 15) is 5.11 Å². The number of aliphatic hydroxyl groups is 1. The van der Waals surface area contributed by atoms with Gasteiger partial charge in [-0.25, -0.2) is 0 Å². The minimum atomic E-state index is -0.477. The van der Waals surface area contributed by atoms with Crippen molar-refractivity contribution in [2.24, 2.45) is 0 Å². The fourth-order valence-corrected chi connectivity index (χ4v) is 3.14. The normalized spacial score (nSPS) is 16.9. The molecule has 1 aliphatic rings. The molecule has 1 aliphatic heterocycles. The molecule has 2 aromatic carbocycles. The Kier molecular flexibility index (Phi) is 5.61. The van der Waals surface area contributed by atoms with E-state index in [-0.39, 0.29) is 0 Å². The fraction of sp³-hybridized carbons (Fsp3) is 0.368. The van der Waals surface area contributed by atoms with E-state index in [0.29, 0.717) is 11.6 Å². The average molecular weight is 347 g/mol. The molecule has 1 heterocycles. The summed E-state index contributed by atoms with van der Waals surface area (Å²) in [5.41, 5.74) is 2.13. The molecule has 0 saturated carbocycles. The van der Waals surface area contributed by atoms with Crippen LogP contribution in [-0.2, 0) is 0 Å². The Labute approximate surface area is 148 Å². The Hall–Kier alpha value is -1.75. The summed E-state index contributed by atoms with van der Waals surface area (Å²) < 4.78 is 5.20. The second-order valence-electron chi connectivity index (χ2n) is 6.05. The molecular formula is C19H23ClN2O2. The second kappa shape index (κ2) is 7.88. The summed E-state index contributed by atoms with van der Waals surface area (Å²) in [7, 11) is 1.68. The number of methoxy groups -OCH3 is 1. The molecule has 0 spiro atoms. The third-order valence-electron chi connectivity index (χ3n) is 4.50. The second-order valence-corrected chi connectivity index (χ2v) is 6.49. The molecule has 5 heteroatoms. The fourth-order valence-electron chi connectivity index (χ4n) is 3.02. The number of β-amino-alcohol motifs (C(OH)–C–C–N with tert-alkyl or cyclic N) is 1. The summed E-state index contributed by atoms with van der Waals surface area (Å²) in [6.07, 6.45) is -0.477. The standard InChI is InChI=1S/C19H23ClN2O2/c1-24-18-8-6-17(7-9-18)22-12-10-21(11-13-22)14-19(23)15-2-4-16(20)5-3-15/h2-9,19,23H,10-14H2,1H3. The van der Waals surface area contributed by atoms with Crippen molar-refractivity contribution in [3.8, 4) is 5.75 Å². The first-order valence-electron chi connectivity index (χ1n) is 8.20. The van der Waals surface area contributed by atoms with E-state index in [1.807, 2.05) is 36.4 Å². The van der Waals surface area contributed by atoms with E-state index in [2.05, 4.69) is 21.9 Å². The molecule has 0 aromatic heterocycles. The number of ether oxygens (including phenoxy) is 1. The van der Waals surface area contributed by atoms with E-state index in [4.69, 9.17) is 16.3 Å². The zero-order chi connectivity index (χ0) is 16.9. The summed E-state index contributed by atoms with van der Waals surface area (Å²) in [5.74, 6) is 0.878. The molecule has 1 saturated heterocycles. The highest BCUT2D eigenvalue weighted by atomic mass is 35.5. The van der Waals surface area contributed by atoms with Gasteiger partial charge in [0.15, 0.2) is 0 Å². The molecule has 0 aliphatic carbocycles. The van der Waals surface area contributed by atoms with Crippen LogP contribution in [0.25, 0.3) is 0 Å². The lowest BCUT2D eigenvalue weighted by atomic mass is 10.1. The Balaban J connectivity index is 1.52. The zero-order valence-corrected chi connectivity index (χ0v) is 14.6. The van der Waals surface area contributed by atoms with Crippen LogP contribution >= 0.6 is 11.6 Å². The number of aliphatic hydroxyl groups excluding tert-OH is 1. The Morgan fingerprint density at radius 3 is 2.21 bits per heavy atom. The SMILES string of the molecule is COc1ccc(N2CCN(CC(O)c3ccc(Cl)cc3)CC2)cc1. The number of nitrogens with zero attached hydrogens (tertiary/aromatic N) is 2. The summed E-state index contributed by atoms with van der Waals surface area (Å²) in [6.45, 7) is 4.45. The van der Waals surface area contributed by atoms with Crippen LogP contribution < -0.4 is 9.64 Å². The third-order valence-corrected chi connectivity index (χ3v) is 4.75. The van der Waals surface area contributed by atoms with Crippen molar-refractivity contribution in [2.45, 2.75) is 6.10 Å². The molecule has 24 heavy (non-hydrogen) atoms. The van der Waals surface area contributed by atoms with Crippen LogP contribution in [0, 0.1) is 0 Å². The van der Waals surface area contributed by atoms with Crippen LogP contribution in [0.5, 0.6) is 5.75 Å². The summed E-state index contributed by atoms with van der Waals surface area (Å²) in [5, 5.41) is 11.1. The van der Waals surface area contributed by atoms with Gasteiger partial charge in [0.2, 0.25) is 0 Å². The number of piperazine rings is 1. The Morgan fingerprint density at radius 2 is 1.62 bits per heavy atom. The molecule has 0 bridgehead atoms. The van der Waals surface area contributed by atoms with Crippen molar-refractivity contribution >= 4 is 17.3 Å². The van der Waals surface area contributed by atoms with E-state index in [1.165, 1.54) is 5.69 Å². The Bertz CT molecular complexity index is 637. The van der Waals surface area contributed by atoms with Gasteiger partial charge in [-0.05, 0) is 42.0 Å². The molecule has 128 valence electrons. The van der Waals surface area contributed by atoms with Gasteiger partial charge in [0, 0.05) is 43.4 Å². The van der Waals surface area contributed by atoms with Gasteiger partial charge in [0.25, 0.3) is 0 Å². The summed E-state index contributed by atoms with van der Waals surface area (Å²) in [4.78, 5) is 4.67. The first kappa shape index (κ1) is 17.1. The number of hydrogen-bond donors (Lipinski definition) is 1. The van der Waals surface area contributed by atoms with Gasteiger partial charge < -0.3 is 14.7 Å². The first-order valence-corrected chi connectivity index (χ1v) is 8.58. The molecule has 0 radical (unpaired) electrons. The average Bonchev–Trinajstić information content (AvgIpc) is 2.63. The molecular weight excluding hydrogens is 324 g/mol. The van der Waals surface area contributed by atoms with Crippen LogP contribution in [0.4, 0.5) is 5.69 Å². The first-order chi connectivity index (χ1) is 11.7. The van der Waals surface area contributed by atoms with Gasteiger partial charge in [-0.3, -0.25) is 4.90 Å². The van der Waals surface area contributed by atoms with Gasteiger partial charge >= 0.3 is 0 Å². The number of anilines is 1. The molecule has 0 amide bonds. The van der Waals surface area contributed by atoms with Crippen molar-refractivity contribution in [1.29, 1.82) is 0 Å². The number of benzene rings is 2. The number of rotatable bonds is 5. The van der Waals surface area contributed by atoms with Crippen molar-refractivity contribution in [1.82, 2.24) is 4.90 Å². The van der Waals surface area contributed by atoms with Crippen molar-refractivity contribution in [2.75, 3.05) is 44.7 Å². The molecule has 1 fully saturated rings. The van der Waals surface area contributed by atoms with Gasteiger partial charge in [-0.1, -0.05) is 23.7 Å². The van der Waals surface area contributed by atoms with E-state index in [1.54, 1.807) is 7.11 Å². The molecule has 1 N–H and O–H groups in total. The topological polar surface area (TPSA) is 35.9 Å². The van der Waals surface area contributed by atoms with Gasteiger partial charge in [-0.15, -0.1) is 0 Å². The molecule has 1 atom stereocenters. The summed E-state index contributed by atoms with van der Waals surface area (Å²) in [6, 6.07) is 15.6. The minimum Gasteiger partial charge on any atom is -0.497 e. The highest BCUT2D eigenvalue weighted by Crippen LogP contribution is 2.22. The maximum absolute atomic E-state index is 10.4. The van der Waals surface area contributed by atoms with E-state index >= 15 is 0 Å². The zero-order valence-electron chi connectivity index (χ0n) is 13.9. The minimum absolute atomic E-state index is 0.477. The monoisotopic (exact) mass is 346 g/mol. The highest BCUT2D eigenvalue weighted by Gasteiger charge is 2.20. The van der Waals surface area contributed by atoms with Crippen molar-refractivity contribution < 1.29 is 9.84 Å². The van der Waals surface area contributed by atoms with Gasteiger partial charge in [0.1, 0.15) is 5.75 Å². The van der Waals surface area contributed by atoms with Crippen molar-refractivity contribution in [3.63, 3.8) is 0 Å². The lowest BCUT2D eigenvalue weighted by Crippen LogP contribution is -2.47. The number of halogens is 1. The van der Waals surface area contributed by atoms with Crippen LogP contribution in [-0.4, -0.2) is 49.8 Å². The quantitative estimate of drug-likeness (QED) is 0.902. The smallest absolute Gasteiger partial charge is 0.119 e. The Morgan fingerprint density at radius 1 is 1.00 bits per heavy atom. The summed E-state index contributed by atoms with van der Waals surface area (Å²) >= 11 is 5.90. The third kappa shape index (κ3) is 4.20. The van der Waals surface area contributed by atoms with Crippen LogP contribution in [0.3, 0.4) is 0 Å². The predicted octanol–water partition coefficient (Wildman–Crippen LogP) is 3.20. The lowest BCUT2D eigenvalue weighted by molar-refractivity contribution is 0.109. The molecule has 1 unspecified atom stereocenters. The van der Waals surface area contributed by atoms with Crippen LogP contribution in [0.1, 0.15) is 11.7 Å². The largest absolute Gasteiger partial charge is 0.497 e. The predicted molar refractivity (Wildman–Crippen MR) is 98.1 cm³/mol. The molecule has 2 aromatic rings. The van der Waals surface area contributed by atoms with Crippen LogP contribution in [0.15, 0.2) is 48.5 Å². The number of hydrogen-bond acceptors (Lipinski definition) is 4. The van der Waals surface area contributed by atoms with Gasteiger partial charge in [-0.2, -0.15) is 0 Å². The van der Waals surface area contributed by atoms with Crippen LogP contribution in [0.2, 0.25) is 5.02 Å². The molecule has 4 nitrogen and oxygen atoms in total.